The minimum Gasteiger partial charge on any atom is -0.857 e. The second-order valence-electron chi connectivity index (χ2n) is 0.224. The Morgan fingerprint density at radius 2 is 1.29 bits per heavy atom. The fourth-order valence-electron chi connectivity index (χ4n) is 0. The van der Waals surface area contributed by atoms with E-state index in [1.165, 1.54) is 0 Å². The van der Waals surface area contributed by atoms with Crippen LogP contribution in [-0.2, 0) is 16.5 Å². The van der Waals surface area contributed by atoms with Crippen LogP contribution in [0, 0.1) is 15.3 Å². The summed E-state index contributed by atoms with van der Waals surface area (Å²) < 4.78 is 0. The SMILES string of the molecule is C[O-].O=[N+]([O-])[O-].[Ni+2]. The predicted molar refractivity (Wildman–Crippen MR) is 16.3 cm³/mol. The maximum absolute atomic E-state index is 8.25. The second-order valence-corrected chi connectivity index (χ2v) is 0.224. The Morgan fingerprint density at radius 1 is 1.29 bits per heavy atom. The Bertz CT molecular complexity index is 34.7. The van der Waals surface area contributed by atoms with E-state index in [1.54, 1.807) is 0 Å². The fourth-order valence-corrected chi connectivity index (χ4v) is 0. The van der Waals surface area contributed by atoms with Gasteiger partial charge in [0.25, 0.3) is 0 Å². The van der Waals surface area contributed by atoms with Crippen molar-refractivity contribution in [2.45, 2.75) is 0 Å². The van der Waals surface area contributed by atoms with E-state index in [4.69, 9.17) is 20.4 Å². The van der Waals surface area contributed by atoms with Gasteiger partial charge in [0.15, 0.2) is 0 Å². The van der Waals surface area contributed by atoms with Crippen LogP contribution in [0.2, 0.25) is 0 Å². The van der Waals surface area contributed by atoms with Crippen molar-refractivity contribution in [3.63, 3.8) is 0 Å². The molecule has 0 rings (SSSR count). The van der Waals surface area contributed by atoms with Crippen molar-refractivity contribution in [3.05, 3.63) is 15.3 Å². The third kappa shape index (κ3) is 629. The van der Waals surface area contributed by atoms with Crippen LogP contribution >= 0.6 is 0 Å². The number of nitrogens with zero attached hydrogens (tertiary/aromatic N) is 1. The van der Waals surface area contributed by atoms with Crippen molar-refractivity contribution in [2.75, 3.05) is 7.11 Å². The molecule has 0 N–H and O–H groups in total. The van der Waals surface area contributed by atoms with Crippen LogP contribution < -0.4 is 5.11 Å². The molecule has 0 saturated carbocycles. The second kappa shape index (κ2) is 17.4. The summed E-state index contributed by atoms with van der Waals surface area (Å²) in [7, 11) is 0.750. The van der Waals surface area contributed by atoms with Gasteiger partial charge in [0.1, 0.15) is 0 Å². The summed E-state index contributed by atoms with van der Waals surface area (Å²) in [5.74, 6) is 0. The van der Waals surface area contributed by atoms with Gasteiger partial charge in [-0.1, -0.05) is 0 Å². The zero-order chi connectivity index (χ0) is 5.58. The van der Waals surface area contributed by atoms with Crippen molar-refractivity contribution in [2.24, 2.45) is 0 Å². The van der Waals surface area contributed by atoms with Gasteiger partial charge in [-0.15, -0.1) is 0 Å². The first-order valence-corrected chi connectivity index (χ1v) is 0.956. The molecule has 5 nitrogen and oxygen atoms in total. The van der Waals surface area contributed by atoms with E-state index >= 15 is 0 Å². The molecule has 46 valence electrons. The molecule has 0 aliphatic heterocycles. The number of hydrogen-bond donors (Lipinski definition) is 0. The molecular weight excluding hydrogens is 149 g/mol. The van der Waals surface area contributed by atoms with E-state index in [0.29, 0.717) is 0 Å². The molecule has 0 aliphatic carbocycles. The molecule has 0 fully saturated rings. The van der Waals surface area contributed by atoms with Crippen LogP contribution in [-0.4, -0.2) is 12.2 Å². The fraction of sp³-hybridized carbons (Fsp3) is 1.00. The average Bonchev–Trinajstić information content (AvgIpc) is 1.41. The Morgan fingerprint density at radius 3 is 1.29 bits per heavy atom. The molecule has 0 atom stereocenters. The molecule has 0 heterocycles. The largest absolute Gasteiger partial charge is 2.00 e. The molecule has 0 bridgehead atoms. The zero-order valence-electron chi connectivity index (χ0n) is 3.40. The first-order valence-electron chi connectivity index (χ1n) is 0.956. The predicted octanol–water partition coefficient (Wildman–Crippen LogP) is -1.27. The smallest absolute Gasteiger partial charge is 0.857 e. The number of rotatable bonds is 0. The molecular formula is CH3NNiO4. The molecule has 0 aromatic carbocycles. The Hall–Kier alpha value is -0.346. The molecule has 0 amide bonds. The van der Waals surface area contributed by atoms with Crippen molar-refractivity contribution in [1.29, 1.82) is 0 Å². The van der Waals surface area contributed by atoms with Gasteiger partial charge in [0.2, 0.25) is 0 Å². The number of hydrogen-bond acceptors (Lipinski definition) is 4. The van der Waals surface area contributed by atoms with Gasteiger partial charge in [-0.25, -0.2) is 0 Å². The molecule has 6 heteroatoms. The van der Waals surface area contributed by atoms with Gasteiger partial charge in [-0.2, -0.15) is 7.11 Å². The quantitative estimate of drug-likeness (QED) is 0.246. The molecule has 7 heavy (non-hydrogen) atoms. The van der Waals surface area contributed by atoms with E-state index in [-0.39, 0.29) is 16.5 Å². The van der Waals surface area contributed by atoms with E-state index in [1.807, 2.05) is 0 Å². The summed E-state index contributed by atoms with van der Waals surface area (Å²) in [5.41, 5.74) is 0. The van der Waals surface area contributed by atoms with Crippen molar-refractivity contribution >= 4 is 0 Å². The van der Waals surface area contributed by atoms with Crippen molar-refractivity contribution in [1.82, 2.24) is 0 Å². The molecule has 0 aromatic rings. The molecule has 0 aliphatic rings. The van der Waals surface area contributed by atoms with Gasteiger partial charge in [-0.3, -0.25) is 0 Å². The van der Waals surface area contributed by atoms with Gasteiger partial charge >= 0.3 is 16.5 Å². The van der Waals surface area contributed by atoms with Crippen LogP contribution in [0.25, 0.3) is 0 Å². The third-order valence-corrected chi connectivity index (χ3v) is 0. The van der Waals surface area contributed by atoms with Gasteiger partial charge in [0.05, 0.1) is 5.09 Å². The van der Waals surface area contributed by atoms with E-state index in [9.17, 15) is 0 Å². The van der Waals surface area contributed by atoms with E-state index < -0.39 is 5.09 Å². The minimum atomic E-state index is -1.75. The van der Waals surface area contributed by atoms with Crippen LogP contribution in [0.3, 0.4) is 0 Å². The topological polar surface area (TPSA) is 89.3 Å². The molecule has 0 spiro atoms. The summed E-state index contributed by atoms with van der Waals surface area (Å²) in [6, 6.07) is 0. The molecule has 0 saturated heterocycles. The summed E-state index contributed by atoms with van der Waals surface area (Å²) in [4.78, 5) is 8.25. The minimum absolute atomic E-state index is 0. The standard InChI is InChI=1S/CH3O.NO3.Ni/c1-2;2-1(3)4;/h1H3;;/q2*-1;+2. The van der Waals surface area contributed by atoms with Gasteiger partial charge in [-0.05, 0) is 0 Å². The Kier molecular flexibility index (Phi) is 39.6. The normalized spacial score (nSPS) is 4.29. The Labute approximate surface area is 50.0 Å². The summed E-state index contributed by atoms with van der Waals surface area (Å²) >= 11 is 0. The summed E-state index contributed by atoms with van der Waals surface area (Å²) in [6.45, 7) is 0. The van der Waals surface area contributed by atoms with Crippen LogP contribution in [0.15, 0.2) is 0 Å². The molecule has 0 unspecified atom stereocenters. The maximum atomic E-state index is 8.25. The van der Waals surface area contributed by atoms with Crippen molar-refractivity contribution in [3.8, 4) is 0 Å². The first-order chi connectivity index (χ1) is 2.73. The van der Waals surface area contributed by atoms with Crippen molar-refractivity contribution < 1.29 is 26.7 Å². The average molecular weight is 152 g/mol. The van der Waals surface area contributed by atoms with Gasteiger partial charge < -0.3 is 20.4 Å². The van der Waals surface area contributed by atoms with Crippen LogP contribution in [0.4, 0.5) is 0 Å². The first kappa shape index (κ1) is 15.9. The van der Waals surface area contributed by atoms with E-state index in [2.05, 4.69) is 0 Å². The van der Waals surface area contributed by atoms with Crippen LogP contribution in [0.5, 0.6) is 0 Å². The van der Waals surface area contributed by atoms with Crippen LogP contribution in [0.1, 0.15) is 0 Å². The third-order valence-electron chi connectivity index (χ3n) is 0. The zero-order valence-corrected chi connectivity index (χ0v) is 4.38. The summed E-state index contributed by atoms with van der Waals surface area (Å²) in [6.07, 6.45) is 0. The molecule has 0 aromatic heterocycles. The molecule has 0 radical (unpaired) electrons. The maximum Gasteiger partial charge on any atom is 2.00 e. The Balaban J connectivity index is -0.0000000480. The monoisotopic (exact) mass is 151 g/mol. The van der Waals surface area contributed by atoms with Gasteiger partial charge in [0, 0.05) is 0 Å². The summed E-state index contributed by atoms with van der Waals surface area (Å²) in [5, 5.41) is 23.0. The van der Waals surface area contributed by atoms with E-state index in [0.717, 1.165) is 7.11 Å².